The third-order valence-corrected chi connectivity index (χ3v) is 2.60. The summed E-state index contributed by atoms with van der Waals surface area (Å²) < 4.78 is 10.8. The summed E-state index contributed by atoms with van der Waals surface area (Å²) in [5, 5.41) is 15.9. The van der Waals surface area contributed by atoms with Gasteiger partial charge in [-0.05, 0) is 18.2 Å². The Hall–Kier alpha value is -2.64. The van der Waals surface area contributed by atoms with Gasteiger partial charge in [0.25, 0.3) is 5.91 Å². The first-order valence-corrected chi connectivity index (χ1v) is 5.73. The van der Waals surface area contributed by atoms with Crippen molar-refractivity contribution in [3.05, 3.63) is 29.6 Å². The zero-order valence-corrected chi connectivity index (χ0v) is 9.92. The molecule has 0 spiro atoms. The summed E-state index contributed by atoms with van der Waals surface area (Å²) in [5.41, 5.74) is 0.493. The molecule has 0 bridgehead atoms. The Bertz CT molecular complexity index is 584. The minimum Gasteiger partial charge on any atom is -0.486 e. The Labute approximate surface area is 108 Å². The van der Waals surface area contributed by atoms with Crippen molar-refractivity contribution in [2.45, 2.75) is 6.54 Å². The number of amides is 1. The van der Waals surface area contributed by atoms with Crippen molar-refractivity contribution in [2.24, 2.45) is 0 Å². The molecule has 1 amide bonds. The van der Waals surface area contributed by atoms with Crippen LogP contribution in [0, 0.1) is 0 Å². The van der Waals surface area contributed by atoms with Crippen LogP contribution in [-0.2, 0) is 6.54 Å². The van der Waals surface area contributed by atoms with Crippen molar-refractivity contribution in [1.82, 2.24) is 25.9 Å². The highest BCUT2D eigenvalue weighted by Gasteiger charge is 2.15. The van der Waals surface area contributed by atoms with Gasteiger partial charge in [-0.1, -0.05) is 5.21 Å². The Morgan fingerprint density at radius 2 is 2.16 bits per heavy atom. The summed E-state index contributed by atoms with van der Waals surface area (Å²) in [5.74, 6) is 1.42. The van der Waals surface area contributed by atoms with Crippen LogP contribution in [0.2, 0.25) is 0 Å². The van der Waals surface area contributed by atoms with Gasteiger partial charge in [-0.25, -0.2) is 0 Å². The second-order valence-corrected chi connectivity index (χ2v) is 3.87. The highest BCUT2D eigenvalue weighted by atomic mass is 16.6. The maximum Gasteiger partial charge on any atom is 0.251 e. The van der Waals surface area contributed by atoms with Crippen molar-refractivity contribution in [2.75, 3.05) is 13.2 Å². The van der Waals surface area contributed by atoms with E-state index in [2.05, 4.69) is 25.9 Å². The number of rotatable bonds is 3. The fourth-order valence-corrected chi connectivity index (χ4v) is 1.70. The van der Waals surface area contributed by atoms with Crippen LogP contribution in [0.3, 0.4) is 0 Å². The molecule has 0 atom stereocenters. The number of carbonyl (C=O) groups excluding carboxylic acids is 1. The van der Waals surface area contributed by atoms with Crippen molar-refractivity contribution >= 4 is 5.91 Å². The molecule has 19 heavy (non-hydrogen) atoms. The largest absolute Gasteiger partial charge is 0.486 e. The van der Waals surface area contributed by atoms with E-state index in [4.69, 9.17) is 9.47 Å². The lowest BCUT2D eigenvalue weighted by molar-refractivity contribution is 0.0948. The van der Waals surface area contributed by atoms with Crippen LogP contribution in [0.5, 0.6) is 11.5 Å². The van der Waals surface area contributed by atoms with E-state index >= 15 is 0 Å². The zero-order chi connectivity index (χ0) is 13.1. The van der Waals surface area contributed by atoms with Crippen LogP contribution in [0.15, 0.2) is 18.2 Å². The third-order valence-electron chi connectivity index (χ3n) is 2.60. The predicted molar refractivity (Wildman–Crippen MR) is 62.8 cm³/mol. The van der Waals surface area contributed by atoms with E-state index in [0.29, 0.717) is 36.1 Å². The van der Waals surface area contributed by atoms with Crippen LogP contribution in [0.1, 0.15) is 16.2 Å². The first-order valence-electron chi connectivity index (χ1n) is 5.73. The second kappa shape index (κ2) is 4.92. The number of hydrogen-bond acceptors (Lipinski definition) is 6. The number of nitrogens with one attached hydrogen (secondary N) is 2. The maximum absolute atomic E-state index is 11.9. The van der Waals surface area contributed by atoms with Crippen LogP contribution >= 0.6 is 0 Å². The van der Waals surface area contributed by atoms with Gasteiger partial charge in [0, 0.05) is 5.56 Å². The SMILES string of the molecule is O=C(NCc1nn[nH]n1)c1ccc2c(c1)OCCO2. The lowest BCUT2D eigenvalue weighted by Gasteiger charge is -2.18. The molecule has 0 saturated carbocycles. The molecule has 3 rings (SSSR count). The van der Waals surface area contributed by atoms with E-state index in [-0.39, 0.29) is 12.5 Å². The average molecular weight is 261 g/mol. The quantitative estimate of drug-likeness (QED) is 0.800. The lowest BCUT2D eigenvalue weighted by Crippen LogP contribution is -2.24. The van der Waals surface area contributed by atoms with E-state index < -0.39 is 0 Å². The molecule has 1 aliphatic rings. The Kier molecular flexibility index (Phi) is 2.97. The monoisotopic (exact) mass is 261 g/mol. The Balaban J connectivity index is 1.69. The van der Waals surface area contributed by atoms with Gasteiger partial charge < -0.3 is 14.8 Å². The molecule has 2 heterocycles. The number of aromatic nitrogens is 4. The van der Waals surface area contributed by atoms with Crippen LogP contribution < -0.4 is 14.8 Å². The number of fused-ring (bicyclic) bond motifs is 1. The zero-order valence-electron chi connectivity index (χ0n) is 9.92. The van der Waals surface area contributed by atoms with Crippen LogP contribution in [-0.4, -0.2) is 39.7 Å². The standard InChI is InChI=1S/C11H11N5O3/c17-11(12-6-10-13-15-16-14-10)7-1-2-8-9(5-7)19-4-3-18-8/h1-2,5H,3-4,6H2,(H,12,17)(H,13,14,15,16). The first kappa shape index (κ1) is 11.5. The summed E-state index contributed by atoms with van der Waals surface area (Å²) in [7, 11) is 0. The maximum atomic E-state index is 11.9. The van der Waals surface area contributed by atoms with Gasteiger partial charge in [0.15, 0.2) is 17.3 Å². The number of H-pyrrole nitrogens is 1. The summed E-state index contributed by atoms with van der Waals surface area (Å²) >= 11 is 0. The number of carbonyl (C=O) groups is 1. The second-order valence-electron chi connectivity index (χ2n) is 3.87. The molecule has 0 fully saturated rings. The van der Waals surface area contributed by atoms with Crippen molar-refractivity contribution in [1.29, 1.82) is 0 Å². The number of benzene rings is 1. The number of nitrogens with zero attached hydrogens (tertiary/aromatic N) is 3. The molecule has 0 saturated heterocycles. The van der Waals surface area contributed by atoms with Crippen molar-refractivity contribution in [3.8, 4) is 11.5 Å². The fourth-order valence-electron chi connectivity index (χ4n) is 1.70. The molecule has 8 nitrogen and oxygen atoms in total. The fraction of sp³-hybridized carbons (Fsp3) is 0.273. The summed E-state index contributed by atoms with van der Waals surface area (Å²) in [6.45, 7) is 1.22. The van der Waals surface area contributed by atoms with Crippen molar-refractivity contribution in [3.63, 3.8) is 0 Å². The van der Waals surface area contributed by atoms with Gasteiger partial charge in [0.1, 0.15) is 13.2 Å². The molecule has 2 N–H and O–H groups in total. The van der Waals surface area contributed by atoms with Gasteiger partial charge in [-0.15, -0.1) is 10.2 Å². The predicted octanol–water partition coefficient (Wildman–Crippen LogP) is -0.0991. The van der Waals surface area contributed by atoms with Gasteiger partial charge >= 0.3 is 0 Å². The lowest BCUT2D eigenvalue weighted by atomic mass is 10.2. The van der Waals surface area contributed by atoms with E-state index in [1.54, 1.807) is 18.2 Å². The van der Waals surface area contributed by atoms with Gasteiger partial charge in [0.05, 0.1) is 6.54 Å². The minimum atomic E-state index is -0.234. The van der Waals surface area contributed by atoms with Crippen molar-refractivity contribution < 1.29 is 14.3 Å². The van der Waals surface area contributed by atoms with E-state index in [1.165, 1.54) is 0 Å². The average Bonchev–Trinajstić information content (AvgIpc) is 2.97. The highest BCUT2D eigenvalue weighted by Crippen LogP contribution is 2.30. The molecule has 0 radical (unpaired) electrons. The number of hydrogen-bond donors (Lipinski definition) is 2. The van der Waals surface area contributed by atoms with Crippen LogP contribution in [0.4, 0.5) is 0 Å². The highest BCUT2D eigenvalue weighted by molar-refractivity contribution is 5.94. The van der Waals surface area contributed by atoms with E-state index in [1.807, 2.05) is 0 Å². The molecule has 1 aromatic heterocycles. The molecule has 0 aliphatic carbocycles. The van der Waals surface area contributed by atoms with Gasteiger partial charge in [-0.3, -0.25) is 4.79 Å². The molecular weight excluding hydrogens is 250 g/mol. The van der Waals surface area contributed by atoms with E-state index in [0.717, 1.165) is 0 Å². The smallest absolute Gasteiger partial charge is 0.251 e. The van der Waals surface area contributed by atoms with Crippen LogP contribution in [0.25, 0.3) is 0 Å². The first-order chi connectivity index (χ1) is 9.33. The number of aromatic amines is 1. The topological polar surface area (TPSA) is 102 Å². The number of tetrazole rings is 1. The molecule has 8 heteroatoms. The molecule has 0 unspecified atom stereocenters. The summed E-state index contributed by atoms with van der Waals surface area (Å²) in [6, 6.07) is 5.05. The van der Waals surface area contributed by atoms with E-state index in [9.17, 15) is 4.79 Å². The Morgan fingerprint density at radius 1 is 1.32 bits per heavy atom. The number of ether oxygens (including phenoxy) is 2. The normalized spacial score (nSPS) is 13.1. The molecular formula is C11H11N5O3. The molecule has 98 valence electrons. The summed E-state index contributed by atoms with van der Waals surface area (Å²) in [4.78, 5) is 11.9. The minimum absolute atomic E-state index is 0.212. The Morgan fingerprint density at radius 3 is 2.95 bits per heavy atom. The molecule has 1 aromatic carbocycles. The third kappa shape index (κ3) is 2.46. The van der Waals surface area contributed by atoms with Gasteiger partial charge in [0.2, 0.25) is 0 Å². The molecule has 2 aromatic rings. The summed E-state index contributed by atoms with van der Waals surface area (Å²) in [6.07, 6.45) is 0. The van der Waals surface area contributed by atoms with Gasteiger partial charge in [-0.2, -0.15) is 5.21 Å². The molecule has 1 aliphatic heterocycles.